The predicted octanol–water partition coefficient (Wildman–Crippen LogP) is 3.45. The molecule has 0 radical (unpaired) electrons. The minimum atomic E-state index is -0.215. The van der Waals surface area contributed by atoms with E-state index in [-0.39, 0.29) is 11.4 Å². The van der Waals surface area contributed by atoms with Crippen LogP contribution >= 0.6 is 11.6 Å². The molecule has 2 fully saturated rings. The van der Waals surface area contributed by atoms with Gasteiger partial charge in [0.1, 0.15) is 5.82 Å². The third kappa shape index (κ3) is 2.59. The van der Waals surface area contributed by atoms with E-state index in [9.17, 15) is 4.39 Å². The van der Waals surface area contributed by atoms with Crippen molar-refractivity contribution in [3.05, 3.63) is 29.0 Å². The van der Waals surface area contributed by atoms with Crippen LogP contribution in [0.1, 0.15) is 26.2 Å². The zero-order valence-corrected chi connectivity index (χ0v) is 12.0. The summed E-state index contributed by atoms with van der Waals surface area (Å²) in [6, 6.07) is 4.93. The average Bonchev–Trinajstić information content (AvgIpc) is 3.16. The van der Waals surface area contributed by atoms with Gasteiger partial charge in [0.15, 0.2) is 0 Å². The monoisotopic (exact) mass is 282 g/mol. The number of para-hydroxylation sites is 1. The molecule has 1 aliphatic heterocycles. The molecule has 0 amide bonds. The lowest BCUT2D eigenvalue weighted by Gasteiger charge is -2.35. The number of hydrogen-bond acceptors (Lipinski definition) is 2. The number of benzene rings is 1. The Bertz CT molecular complexity index is 455. The number of anilines is 1. The molecule has 4 heteroatoms. The highest BCUT2D eigenvalue weighted by atomic mass is 35.5. The third-order valence-electron chi connectivity index (χ3n) is 4.39. The van der Waals surface area contributed by atoms with Crippen LogP contribution in [-0.4, -0.2) is 25.2 Å². The molecule has 1 aliphatic carbocycles. The Labute approximate surface area is 118 Å². The molecule has 1 N–H and O–H groups in total. The molecule has 1 heterocycles. The predicted molar refractivity (Wildman–Crippen MR) is 77.4 cm³/mol. The average molecular weight is 283 g/mol. The molecule has 2 nitrogen and oxygen atoms in total. The molecular formula is C15H20ClFN2. The van der Waals surface area contributed by atoms with Crippen LogP contribution < -0.4 is 10.2 Å². The van der Waals surface area contributed by atoms with Crippen LogP contribution in [0.5, 0.6) is 0 Å². The molecule has 19 heavy (non-hydrogen) atoms. The summed E-state index contributed by atoms with van der Waals surface area (Å²) in [5.41, 5.74) is 0.655. The van der Waals surface area contributed by atoms with Crippen LogP contribution in [0.3, 0.4) is 0 Å². The van der Waals surface area contributed by atoms with E-state index in [0.29, 0.717) is 10.7 Å². The second-order valence-corrected chi connectivity index (χ2v) is 6.37. The summed E-state index contributed by atoms with van der Waals surface area (Å²) < 4.78 is 14.1. The molecule has 2 aliphatic rings. The summed E-state index contributed by atoms with van der Waals surface area (Å²) >= 11 is 6.20. The molecule has 1 aromatic carbocycles. The molecule has 104 valence electrons. The molecule has 1 unspecified atom stereocenters. The fraction of sp³-hybridized carbons (Fsp3) is 0.600. The lowest BCUT2D eigenvalue weighted by Crippen LogP contribution is -2.51. The van der Waals surface area contributed by atoms with Crippen LogP contribution in [0.2, 0.25) is 5.02 Å². The van der Waals surface area contributed by atoms with Gasteiger partial charge >= 0.3 is 0 Å². The molecule has 1 atom stereocenters. The van der Waals surface area contributed by atoms with E-state index in [1.165, 1.54) is 18.9 Å². The van der Waals surface area contributed by atoms with Gasteiger partial charge in [-0.25, -0.2) is 4.39 Å². The van der Waals surface area contributed by atoms with Crippen molar-refractivity contribution in [3.8, 4) is 0 Å². The maximum absolute atomic E-state index is 14.1. The normalized spacial score (nSPS) is 28.3. The van der Waals surface area contributed by atoms with Gasteiger partial charge in [0.25, 0.3) is 0 Å². The maximum atomic E-state index is 14.1. The fourth-order valence-electron chi connectivity index (χ4n) is 3.15. The summed E-state index contributed by atoms with van der Waals surface area (Å²) in [6.07, 6.45) is 3.58. The van der Waals surface area contributed by atoms with Crippen LogP contribution in [0, 0.1) is 11.7 Å². The van der Waals surface area contributed by atoms with Crippen molar-refractivity contribution in [2.45, 2.75) is 31.7 Å². The van der Waals surface area contributed by atoms with Crippen molar-refractivity contribution in [3.63, 3.8) is 0 Å². The zero-order chi connectivity index (χ0) is 13.5. The van der Waals surface area contributed by atoms with Gasteiger partial charge in [0.2, 0.25) is 0 Å². The quantitative estimate of drug-likeness (QED) is 0.894. The van der Waals surface area contributed by atoms with E-state index in [4.69, 9.17) is 11.6 Å². The Morgan fingerprint density at radius 2 is 2.21 bits per heavy atom. The van der Waals surface area contributed by atoms with Gasteiger partial charge in [-0.1, -0.05) is 17.7 Å². The first-order chi connectivity index (χ1) is 9.10. The lowest BCUT2D eigenvalue weighted by molar-refractivity contribution is 0.331. The SMILES string of the molecule is CC1(C2CC2)CN(c2c(F)cccc2Cl)CCCN1. The Kier molecular flexibility index (Phi) is 3.44. The van der Waals surface area contributed by atoms with Crippen molar-refractivity contribution in [2.24, 2.45) is 5.92 Å². The van der Waals surface area contributed by atoms with E-state index in [2.05, 4.69) is 17.1 Å². The first-order valence-electron chi connectivity index (χ1n) is 7.04. The highest BCUT2D eigenvalue weighted by Crippen LogP contribution is 2.42. The number of nitrogens with zero attached hydrogens (tertiary/aromatic N) is 1. The Hall–Kier alpha value is -0.800. The first kappa shape index (κ1) is 13.2. The molecule has 3 rings (SSSR count). The smallest absolute Gasteiger partial charge is 0.148 e. The van der Waals surface area contributed by atoms with Crippen molar-refractivity contribution in [1.29, 1.82) is 0 Å². The third-order valence-corrected chi connectivity index (χ3v) is 4.69. The summed E-state index contributed by atoms with van der Waals surface area (Å²) in [5, 5.41) is 4.17. The second-order valence-electron chi connectivity index (χ2n) is 5.96. The largest absolute Gasteiger partial charge is 0.366 e. The Morgan fingerprint density at radius 1 is 1.42 bits per heavy atom. The van der Waals surface area contributed by atoms with Gasteiger partial charge in [-0.2, -0.15) is 0 Å². The van der Waals surface area contributed by atoms with Gasteiger partial charge in [0, 0.05) is 18.6 Å². The molecule has 0 aromatic heterocycles. The highest BCUT2D eigenvalue weighted by Gasteiger charge is 2.43. The zero-order valence-electron chi connectivity index (χ0n) is 11.3. The molecule has 1 aromatic rings. The first-order valence-corrected chi connectivity index (χ1v) is 7.42. The van der Waals surface area contributed by atoms with Crippen molar-refractivity contribution in [1.82, 2.24) is 5.32 Å². The van der Waals surface area contributed by atoms with E-state index in [1.54, 1.807) is 12.1 Å². The Morgan fingerprint density at radius 3 is 2.89 bits per heavy atom. The fourth-order valence-corrected chi connectivity index (χ4v) is 3.43. The van der Waals surface area contributed by atoms with E-state index < -0.39 is 0 Å². The molecular weight excluding hydrogens is 263 g/mol. The molecule has 1 saturated heterocycles. The minimum absolute atomic E-state index is 0.0854. The van der Waals surface area contributed by atoms with E-state index in [1.807, 2.05) is 0 Å². The summed E-state index contributed by atoms with van der Waals surface area (Å²) in [5.74, 6) is 0.506. The van der Waals surface area contributed by atoms with Crippen molar-refractivity contribution in [2.75, 3.05) is 24.5 Å². The maximum Gasteiger partial charge on any atom is 0.148 e. The number of hydrogen-bond donors (Lipinski definition) is 1. The van der Waals surface area contributed by atoms with Crippen LogP contribution in [0.25, 0.3) is 0 Å². The minimum Gasteiger partial charge on any atom is -0.366 e. The van der Waals surface area contributed by atoms with Gasteiger partial charge in [-0.05, 0) is 50.8 Å². The highest BCUT2D eigenvalue weighted by molar-refractivity contribution is 6.33. The lowest BCUT2D eigenvalue weighted by atomic mass is 9.95. The van der Waals surface area contributed by atoms with Crippen LogP contribution in [0.4, 0.5) is 10.1 Å². The van der Waals surface area contributed by atoms with Crippen molar-refractivity contribution < 1.29 is 4.39 Å². The van der Waals surface area contributed by atoms with Crippen molar-refractivity contribution >= 4 is 17.3 Å². The topological polar surface area (TPSA) is 15.3 Å². The molecule has 0 bridgehead atoms. The molecule has 1 saturated carbocycles. The van der Waals surface area contributed by atoms with E-state index in [0.717, 1.165) is 32.0 Å². The van der Waals surface area contributed by atoms with Gasteiger partial charge in [0.05, 0.1) is 10.7 Å². The standard InChI is InChI=1S/C15H20ClFN2/c1-15(11-6-7-11)10-19(9-3-8-18-15)14-12(16)4-2-5-13(14)17/h2,4-5,11,18H,3,6-10H2,1H3. The number of halogens is 2. The van der Waals surface area contributed by atoms with Crippen LogP contribution in [0.15, 0.2) is 18.2 Å². The van der Waals surface area contributed by atoms with Crippen LogP contribution in [-0.2, 0) is 0 Å². The van der Waals surface area contributed by atoms with Gasteiger partial charge in [-0.15, -0.1) is 0 Å². The summed E-state index contributed by atoms with van der Waals surface area (Å²) in [6.45, 7) is 4.95. The number of nitrogens with one attached hydrogen (secondary N) is 1. The van der Waals surface area contributed by atoms with Gasteiger partial charge in [-0.3, -0.25) is 0 Å². The second kappa shape index (κ2) is 4.95. The summed E-state index contributed by atoms with van der Waals surface area (Å²) in [4.78, 5) is 2.12. The van der Waals surface area contributed by atoms with Gasteiger partial charge < -0.3 is 10.2 Å². The summed E-state index contributed by atoms with van der Waals surface area (Å²) in [7, 11) is 0. The molecule has 0 spiro atoms. The Balaban J connectivity index is 1.90. The number of rotatable bonds is 2. The van der Waals surface area contributed by atoms with E-state index >= 15 is 0 Å².